The van der Waals surface area contributed by atoms with Crippen LogP contribution in [0.1, 0.15) is 0 Å². The topological polar surface area (TPSA) is 35.0 Å². The van der Waals surface area contributed by atoms with E-state index in [9.17, 15) is 0 Å². The van der Waals surface area contributed by atoms with Crippen molar-refractivity contribution in [2.45, 2.75) is 0 Å². The van der Waals surface area contributed by atoms with E-state index in [0.29, 0.717) is 0 Å². The first-order valence-corrected chi connectivity index (χ1v) is 0. The Morgan fingerprint density at radius 2 is 0.375 bits per heavy atom. The molecule has 0 aromatic carbocycles. The summed E-state index contributed by atoms with van der Waals surface area (Å²) in [6.07, 6.45) is 0. The van der Waals surface area contributed by atoms with E-state index >= 15 is 0 Å². The lowest BCUT2D eigenvalue weighted by atomic mass is 14.0. The van der Waals surface area contributed by atoms with Gasteiger partial charge in [-0.1, -0.05) is 0 Å². The molecule has 8 heteroatoms. The third-order valence-electron chi connectivity index (χ3n) is 0. The molecule has 0 heterocycles. The van der Waals surface area contributed by atoms with Crippen molar-refractivity contribution in [3.05, 3.63) is 0 Å². The molecule has 0 amide bonds. The van der Waals surface area contributed by atoms with Gasteiger partial charge in [0.25, 0.3) is 0 Å². The lowest BCUT2D eigenvalue weighted by Gasteiger charge is -0.344. The summed E-state index contributed by atoms with van der Waals surface area (Å²) in [5, 5.41) is 0. The largest absolute Gasteiger partial charge is 0.344 e. The van der Waals surface area contributed by atoms with E-state index < -0.39 is 0 Å². The highest BCUT2D eigenvalue weighted by Gasteiger charge is -0.108. The molecule has 0 aliphatic heterocycles. The molecule has 8 heavy (non-hydrogen) atoms. The molecule has 0 aliphatic carbocycles. The summed E-state index contributed by atoms with van der Waals surface area (Å²) in [6.45, 7) is 0. The molecule has 0 bridgehead atoms. The quantitative estimate of drug-likeness (QED) is 0.471. The number of hydrogen-bond donors (Lipinski definition) is 1. The molecule has 0 saturated heterocycles. The zero-order valence-electron chi connectivity index (χ0n) is 3.86. The highest BCUT2D eigenvalue weighted by molar-refractivity contribution is 8.93. The van der Waals surface area contributed by atoms with E-state index in [1.54, 1.807) is 0 Å². The van der Waals surface area contributed by atoms with Crippen LogP contribution in [0.5, 0.6) is 0 Å². The molecule has 0 saturated carbocycles. The van der Waals surface area contributed by atoms with Crippen molar-refractivity contribution < 1.29 is 0 Å². The van der Waals surface area contributed by atoms with E-state index in [1.807, 2.05) is 0 Å². The predicted molar refractivity (Wildman–Crippen MR) is 78.1 cm³/mol. The van der Waals surface area contributed by atoms with Crippen molar-refractivity contribution in [1.82, 2.24) is 6.15 Å². The molecule has 1 nitrogen and oxygen atoms in total. The van der Waals surface area contributed by atoms with Gasteiger partial charge in [-0.05, 0) is 0 Å². The van der Waals surface area contributed by atoms with E-state index in [-0.39, 0.29) is 118 Å². The van der Waals surface area contributed by atoms with Crippen LogP contribution in [-0.2, 0) is 0 Å². The Hall–Kier alpha value is 3.27. The van der Waals surface area contributed by atoms with Crippen LogP contribution in [0, 0.1) is 0 Å². The minimum absolute atomic E-state index is 0. The van der Waals surface area contributed by atoms with Crippen LogP contribution in [-0.4, -0.2) is 0 Å². The SMILES string of the molecule is Br.Br.Br.Br.Br.Br.N.P. The molecule has 1 unspecified atom stereocenters. The minimum atomic E-state index is 0. The predicted octanol–water partition coefficient (Wildman–Crippen LogP) is 3.69. The van der Waals surface area contributed by atoms with Gasteiger partial charge < -0.3 is 6.15 Å². The smallest absolute Gasteiger partial charge is 0.114 e. The Morgan fingerprint density at radius 3 is 0.375 bits per heavy atom. The molecule has 0 fully saturated rings. The Kier molecular flexibility index (Phi) is 1150. The average molecular weight is 537 g/mol. The Balaban J connectivity index is 0. The molecular weight excluding hydrogens is 524 g/mol. The van der Waals surface area contributed by atoms with Gasteiger partial charge in [0, 0.05) is 0 Å². The maximum absolute atomic E-state index is 0. The lowest BCUT2D eigenvalue weighted by Crippen LogP contribution is -0.481. The van der Waals surface area contributed by atoms with Gasteiger partial charge in [-0.15, -0.1) is 102 Å². The van der Waals surface area contributed by atoms with Gasteiger partial charge in [0.2, 0.25) is 0 Å². The second-order valence-corrected chi connectivity index (χ2v) is 0. The maximum Gasteiger partial charge on any atom is -0.114 e. The minimum Gasteiger partial charge on any atom is -0.344 e. The molecule has 0 aromatic rings. The molecule has 0 rings (SSSR count). The first-order valence-electron chi connectivity index (χ1n) is 0. The van der Waals surface area contributed by atoms with Crippen LogP contribution in [0.25, 0.3) is 0 Å². The van der Waals surface area contributed by atoms with Gasteiger partial charge in [0.1, 0.15) is 0 Å². The fraction of sp³-hybridized carbons (Fsp3) is 0. The van der Waals surface area contributed by atoms with Crippen LogP contribution in [0.4, 0.5) is 0 Å². The fourth-order valence-corrected chi connectivity index (χ4v) is 0. The van der Waals surface area contributed by atoms with Gasteiger partial charge in [0.05, 0.1) is 0 Å². The normalized spacial score (nSPS) is 0. The maximum atomic E-state index is 0. The number of halogens is 6. The molecular formula is H12Br6NP. The zero-order valence-corrected chi connectivity index (χ0v) is 15.6. The lowest BCUT2D eigenvalue weighted by molar-refractivity contribution is 2.13. The molecule has 0 radical (unpaired) electrons. The zero-order chi connectivity index (χ0) is 0. The molecule has 0 aliphatic rings. The highest BCUT2D eigenvalue weighted by Crippen LogP contribution is 0.862. The summed E-state index contributed by atoms with van der Waals surface area (Å²) >= 11 is 0. The molecule has 64 valence electrons. The van der Waals surface area contributed by atoms with Gasteiger partial charge in [-0.2, -0.15) is 9.90 Å². The molecule has 0 spiro atoms. The Labute approximate surface area is 116 Å². The van der Waals surface area contributed by atoms with Gasteiger partial charge >= 0.3 is 0 Å². The second-order valence-electron chi connectivity index (χ2n) is 0. The average Bonchev–Trinajstić information content (AvgIpc) is 0. The van der Waals surface area contributed by atoms with Crippen molar-refractivity contribution in [3.8, 4) is 0 Å². The van der Waals surface area contributed by atoms with E-state index in [4.69, 9.17) is 0 Å². The van der Waals surface area contributed by atoms with Crippen molar-refractivity contribution in [2.75, 3.05) is 0 Å². The van der Waals surface area contributed by atoms with Crippen LogP contribution < -0.4 is 6.15 Å². The van der Waals surface area contributed by atoms with Crippen molar-refractivity contribution in [2.24, 2.45) is 0 Å². The molecule has 0 aromatic heterocycles. The number of rotatable bonds is 0. The summed E-state index contributed by atoms with van der Waals surface area (Å²) < 4.78 is 0. The van der Waals surface area contributed by atoms with E-state index in [0.717, 1.165) is 0 Å². The summed E-state index contributed by atoms with van der Waals surface area (Å²) in [7, 11) is 0. The van der Waals surface area contributed by atoms with Crippen molar-refractivity contribution in [3.63, 3.8) is 0 Å². The van der Waals surface area contributed by atoms with Gasteiger partial charge in [-0.3, -0.25) is 0 Å². The standard InChI is InChI=1S/6BrH.H3N.H3P/h6*1H;2*1H3. The fourth-order valence-electron chi connectivity index (χ4n) is 0. The van der Waals surface area contributed by atoms with Crippen LogP contribution in [0.2, 0.25) is 0 Å². The second kappa shape index (κ2) is 82.5. The van der Waals surface area contributed by atoms with Gasteiger partial charge in [-0.25, -0.2) is 0 Å². The molecule has 1 atom stereocenters. The summed E-state index contributed by atoms with van der Waals surface area (Å²) in [5.41, 5.74) is 0. The monoisotopic (exact) mass is 531 g/mol. The van der Waals surface area contributed by atoms with Crippen molar-refractivity contribution in [1.29, 1.82) is 0 Å². The Morgan fingerprint density at radius 1 is 0.375 bits per heavy atom. The summed E-state index contributed by atoms with van der Waals surface area (Å²) in [6, 6.07) is 0. The Bertz CT molecular complexity index is 8.49. The highest BCUT2D eigenvalue weighted by atomic mass is 79.9. The van der Waals surface area contributed by atoms with E-state index in [2.05, 4.69) is 0 Å². The molecule has 3 N–H and O–H groups in total. The summed E-state index contributed by atoms with van der Waals surface area (Å²) in [5.74, 6) is 0. The van der Waals surface area contributed by atoms with Crippen LogP contribution in [0.15, 0.2) is 0 Å². The third-order valence-corrected chi connectivity index (χ3v) is 0. The van der Waals surface area contributed by atoms with Crippen LogP contribution >= 0.6 is 112 Å². The van der Waals surface area contributed by atoms with Gasteiger partial charge in [0.15, 0.2) is 0 Å². The van der Waals surface area contributed by atoms with E-state index in [1.165, 1.54) is 0 Å². The third kappa shape index (κ3) is 59.3. The first kappa shape index (κ1) is 111. The summed E-state index contributed by atoms with van der Waals surface area (Å²) in [4.78, 5) is 0. The van der Waals surface area contributed by atoms with Crippen LogP contribution in [0.3, 0.4) is 0 Å². The number of hydrogen-bond acceptors (Lipinski definition) is 1. The van der Waals surface area contributed by atoms with Crippen molar-refractivity contribution >= 4 is 112 Å². The first-order chi connectivity index (χ1) is 0.